The molecule has 0 saturated heterocycles. The van der Waals surface area contributed by atoms with E-state index in [1.165, 1.54) is 23.3 Å². The fourth-order valence-corrected chi connectivity index (χ4v) is 4.64. The van der Waals surface area contributed by atoms with Gasteiger partial charge in [0, 0.05) is 16.2 Å². The topological polar surface area (TPSA) is 12.0 Å². The maximum atomic E-state index is 3.53. The van der Waals surface area contributed by atoms with E-state index >= 15 is 0 Å². The molecule has 0 radical (unpaired) electrons. The number of hydrogen-bond donors (Lipinski definition) is 1. The van der Waals surface area contributed by atoms with Crippen molar-refractivity contribution in [1.29, 1.82) is 0 Å². The fourth-order valence-electron chi connectivity index (χ4n) is 3.16. The summed E-state index contributed by atoms with van der Waals surface area (Å²) in [5.41, 5.74) is 1.36. The minimum Gasteiger partial charge on any atom is -0.316 e. The van der Waals surface area contributed by atoms with Gasteiger partial charge in [0.2, 0.25) is 0 Å². The molecule has 2 heteroatoms. The molecule has 0 heterocycles. The van der Waals surface area contributed by atoms with E-state index in [0.717, 1.165) is 11.8 Å². The van der Waals surface area contributed by atoms with E-state index in [1.807, 2.05) is 0 Å². The zero-order valence-electron chi connectivity index (χ0n) is 11.9. The lowest BCUT2D eigenvalue weighted by molar-refractivity contribution is 0.257. The SMILES string of the molecule is CNC1CC(C)CC(C)C1Sc1cccc(C)c1. The van der Waals surface area contributed by atoms with Gasteiger partial charge in [-0.3, -0.25) is 0 Å². The Morgan fingerprint density at radius 3 is 2.67 bits per heavy atom. The summed E-state index contributed by atoms with van der Waals surface area (Å²) >= 11 is 2.06. The summed E-state index contributed by atoms with van der Waals surface area (Å²) in [4.78, 5) is 1.42. The van der Waals surface area contributed by atoms with Gasteiger partial charge in [0.15, 0.2) is 0 Å². The number of thioether (sulfide) groups is 1. The van der Waals surface area contributed by atoms with Crippen molar-refractivity contribution < 1.29 is 0 Å². The van der Waals surface area contributed by atoms with Crippen molar-refractivity contribution >= 4 is 11.8 Å². The molecule has 1 N–H and O–H groups in total. The van der Waals surface area contributed by atoms with Crippen molar-refractivity contribution in [3.05, 3.63) is 29.8 Å². The molecular formula is C16H25NS. The van der Waals surface area contributed by atoms with Gasteiger partial charge in [-0.2, -0.15) is 0 Å². The van der Waals surface area contributed by atoms with Crippen LogP contribution in [-0.4, -0.2) is 18.3 Å². The van der Waals surface area contributed by atoms with Crippen molar-refractivity contribution in [2.24, 2.45) is 11.8 Å². The van der Waals surface area contributed by atoms with E-state index in [1.54, 1.807) is 0 Å². The number of benzene rings is 1. The number of nitrogens with one attached hydrogen (secondary N) is 1. The van der Waals surface area contributed by atoms with E-state index in [4.69, 9.17) is 0 Å². The molecule has 1 aliphatic rings. The zero-order chi connectivity index (χ0) is 13.1. The summed E-state index contributed by atoms with van der Waals surface area (Å²) in [5.74, 6) is 1.64. The van der Waals surface area contributed by atoms with E-state index in [0.29, 0.717) is 11.3 Å². The second kappa shape index (κ2) is 6.12. The zero-order valence-corrected chi connectivity index (χ0v) is 12.8. The van der Waals surface area contributed by atoms with Crippen molar-refractivity contribution in [2.45, 2.75) is 49.8 Å². The van der Waals surface area contributed by atoms with Crippen LogP contribution in [0.15, 0.2) is 29.2 Å². The lowest BCUT2D eigenvalue weighted by atomic mass is 9.80. The van der Waals surface area contributed by atoms with Gasteiger partial charge >= 0.3 is 0 Å². The first-order valence-corrected chi connectivity index (χ1v) is 7.88. The smallest absolute Gasteiger partial charge is 0.0274 e. The molecule has 2 rings (SSSR count). The van der Waals surface area contributed by atoms with Gasteiger partial charge < -0.3 is 5.32 Å². The Balaban J connectivity index is 2.10. The summed E-state index contributed by atoms with van der Waals surface area (Å²) in [6.07, 6.45) is 2.67. The highest BCUT2D eigenvalue weighted by atomic mass is 32.2. The van der Waals surface area contributed by atoms with Gasteiger partial charge in [-0.1, -0.05) is 31.5 Å². The van der Waals surface area contributed by atoms with Crippen LogP contribution >= 0.6 is 11.8 Å². The molecule has 0 bridgehead atoms. The van der Waals surface area contributed by atoms with Gasteiger partial charge in [0.25, 0.3) is 0 Å². The normalized spacial score (nSPS) is 32.4. The molecule has 1 aliphatic carbocycles. The third-order valence-corrected chi connectivity index (χ3v) is 5.61. The highest BCUT2D eigenvalue weighted by Gasteiger charge is 2.33. The maximum Gasteiger partial charge on any atom is 0.0274 e. The second-order valence-corrected chi connectivity index (χ2v) is 7.10. The minimum atomic E-state index is 0.647. The van der Waals surface area contributed by atoms with Crippen molar-refractivity contribution in [3.63, 3.8) is 0 Å². The van der Waals surface area contributed by atoms with Crippen LogP contribution in [0, 0.1) is 18.8 Å². The predicted molar refractivity (Wildman–Crippen MR) is 81.2 cm³/mol. The summed E-state index contributed by atoms with van der Waals surface area (Å²) < 4.78 is 0. The van der Waals surface area contributed by atoms with Gasteiger partial charge in [-0.25, -0.2) is 0 Å². The summed E-state index contributed by atoms with van der Waals surface area (Å²) in [7, 11) is 2.11. The minimum absolute atomic E-state index is 0.647. The standard InChI is InChI=1S/C16H25NS/c1-11-6-5-7-14(9-11)18-16-13(3)8-12(2)10-15(16)17-4/h5-7,9,12-13,15-17H,8,10H2,1-4H3. The van der Waals surface area contributed by atoms with E-state index in [2.05, 4.69) is 69.2 Å². The third kappa shape index (κ3) is 3.30. The molecule has 4 atom stereocenters. The van der Waals surface area contributed by atoms with Crippen LogP contribution in [0.4, 0.5) is 0 Å². The molecule has 1 aromatic carbocycles. The Kier molecular flexibility index (Phi) is 4.74. The van der Waals surface area contributed by atoms with Gasteiger partial charge in [-0.15, -0.1) is 11.8 Å². The number of hydrogen-bond acceptors (Lipinski definition) is 2. The molecule has 0 aromatic heterocycles. The largest absolute Gasteiger partial charge is 0.316 e. The lowest BCUT2D eigenvalue weighted by Gasteiger charge is -2.39. The Morgan fingerprint density at radius 2 is 2.00 bits per heavy atom. The molecule has 1 nitrogen and oxygen atoms in total. The number of aryl methyl sites for hydroxylation is 1. The maximum absolute atomic E-state index is 3.53. The van der Waals surface area contributed by atoms with Crippen LogP contribution in [0.2, 0.25) is 0 Å². The van der Waals surface area contributed by atoms with Crippen LogP contribution in [0.3, 0.4) is 0 Å². The highest BCUT2D eigenvalue weighted by Crippen LogP contribution is 2.39. The quantitative estimate of drug-likeness (QED) is 0.881. The fraction of sp³-hybridized carbons (Fsp3) is 0.625. The van der Waals surface area contributed by atoms with Gasteiger partial charge in [-0.05, 0) is 50.8 Å². The highest BCUT2D eigenvalue weighted by molar-refractivity contribution is 8.00. The van der Waals surface area contributed by atoms with E-state index in [9.17, 15) is 0 Å². The predicted octanol–water partition coefficient (Wildman–Crippen LogP) is 4.11. The molecule has 18 heavy (non-hydrogen) atoms. The van der Waals surface area contributed by atoms with Crippen LogP contribution in [0.25, 0.3) is 0 Å². The summed E-state index contributed by atoms with van der Waals surface area (Å²) in [6, 6.07) is 9.54. The van der Waals surface area contributed by atoms with Crippen LogP contribution in [-0.2, 0) is 0 Å². The molecule has 100 valence electrons. The van der Waals surface area contributed by atoms with Gasteiger partial charge in [0.1, 0.15) is 0 Å². The monoisotopic (exact) mass is 263 g/mol. The van der Waals surface area contributed by atoms with Crippen LogP contribution in [0.1, 0.15) is 32.3 Å². The van der Waals surface area contributed by atoms with Crippen molar-refractivity contribution in [3.8, 4) is 0 Å². The second-order valence-electron chi connectivity index (χ2n) is 5.85. The Labute approximate surface area is 116 Å². The van der Waals surface area contributed by atoms with Crippen LogP contribution in [0.5, 0.6) is 0 Å². The molecule has 1 fully saturated rings. The third-order valence-electron chi connectivity index (χ3n) is 4.02. The first-order chi connectivity index (χ1) is 8.60. The average Bonchev–Trinajstić information content (AvgIpc) is 2.32. The molecule has 1 saturated carbocycles. The first kappa shape index (κ1) is 14.0. The Hall–Kier alpha value is -0.470. The average molecular weight is 263 g/mol. The molecule has 1 aromatic rings. The van der Waals surface area contributed by atoms with E-state index in [-0.39, 0.29) is 0 Å². The molecule has 4 unspecified atom stereocenters. The molecular weight excluding hydrogens is 238 g/mol. The van der Waals surface area contributed by atoms with Crippen molar-refractivity contribution in [1.82, 2.24) is 5.32 Å². The Bertz CT molecular complexity index is 390. The Morgan fingerprint density at radius 1 is 1.22 bits per heavy atom. The molecule has 0 aliphatic heterocycles. The summed E-state index contributed by atoms with van der Waals surface area (Å²) in [5, 5.41) is 4.23. The van der Waals surface area contributed by atoms with Crippen molar-refractivity contribution in [2.75, 3.05) is 7.05 Å². The molecule has 0 amide bonds. The first-order valence-electron chi connectivity index (χ1n) is 7.00. The van der Waals surface area contributed by atoms with Gasteiger partial charge in [0.05, 0.1) is 0 Å². The number of rotatable bonds is 3. The summed E-state index contributed by atoms with van der Waals surface area (Å²) in [6.45, 7) is 6.97. The lowest BCUT2D eigenvalue weighted by Crippen LogP contribution is -2.44. The van der Waals surface area contributed by atoms with Crippen LogP contribution < -0.4 is 5.32 Å². The molecule has 0 spiro atoms. The van der Waals surface area contributed by atoms with E-state index < -0.39 is 0 Å².